The molecular formula is C20H20BrN3O4S. The molecule has 0 fully saturated rings. The van der Waals surface area contributed by atoms with Gasteiger partial charge in [-0.25, -0.2) is 0 Å². The number of carbonyl (C=O) groups excluding carboxylic acids is 1. The Balaban J connectivity index is 1.55. The molecule has 1 heterocycles. The third-order valence-corrected chi connectivity index (χ3v) is 5.73. The van der Waals surface area contributed by atoms with Gasteiger partial charge in [0.2, 0.25) is 11.8 Å². The van der Waals surface area contributed by atoms with Crippen molar-refractivity contribution in [2.45, 2.75) is 18.6 Å². The second kappa shape index (κ2) is 9.80. The molecule has 0 unspecified atom stereocenters. The van der Waals surface area contributed by atoms with Crippen LogP contribution in [0.1, 0.15) is 17.0 Å². The van der Waals surface area contributed by atoms with E-state index in [1.54, 1.807) is 14.2 Å². The number of hydrogen-bond donors (Lipinski definition) is 1. The molecule has 0 spiro atoms. The fraction of sp³-hybridized carbons (Fsp3) is 0.250. The van der Waals surface area contributed by atoms with Gasteiger partial charge in [-0.2, -0.15) is 0 Å². The first kappa shape index (κ1) is 21.2. The summed E-state index contributed by atoms with van der Waals surface area (Å²) in [5.74, 6) is 1.79. The van der Waals surface area contributed by atoms with Crippen LogP contribution in [0.4, 0.5) is 5.69 Å². The van der Waals surface area contributed by atoms with Gasteiger partial charge >= 0.3 is 0 Å². The first-order chi connectivity index (χ1) is 14.0. The monoisotopic (exact) mass is 477 g/mol. The van der Waals surface area contributed by atoms with Gasteiger partial charge in [-0.15, -0.1) is 10.2 Å². The highest BCUT2D eigenvalue weighted by Gasteiger charge is 2.12. The van der Waals surface area contributed by atoms with Crippen LogP contribution in [0.5, 0.6) is 11.5 Å². The molecular weight excluding hydrogens is 458 g/mol. The predicted octanol–water partition coefficient (Wildman–Crippen LogP) is 4.48. The Morgan fingerprint density at radius 3 is 2.66 bits per heavy atom. The number of benzene rings is 2. The largest absolute Gasteiger partial charge is 0.493 e. The summed E-state index contributed by atoms with van der Waals surface area (Å²) in [5, 5.41) is 11.2. The zero-order valence-electron chi connectivity index (χ0n) is 16.2. The highest BCUT2D eigenvalue weighted by Crippen LogP contribution is 2.28. The van der Waals surface area contributed by atoms with Crippen LogP contribution in [0.15, 0.2) is 50.5 Å². The van der Waals surface area contributed by atoms with Gasteiger partial charge in [-0.1, -0.05) is 33.8 Å². The van der Waals surface area contributed by atoms with E-state index in [1.165, 1.54) is 11.8 Å². The van der Waals surface area contributed by atoms with E-state index in [4.69, 9.17) is 13.9 Å². The van der Waals surface area contributed by atoms with E-state index in [1.807, 2.05) is 43.3 Å². The molecule has 1 amide bonds. The number of ether oxygens (including phenoxy) is 2. The van der Waals surface area contributed by atoms with Gasteiger partial charge in [-0.3, -0.25) is 4.79 Å². The number of aryl methyl sites for hydroxylation is 1. The Hall–Kier alpha value is -2.52. The number of amides is 1. The number of nitrogens with one attached hydrogen (secondary N) is 1. The summed E-state index contributed by atoms with van der Waals surface area (Å²) in [6.45, 7) is 1.97. The van der Waals surface area contributed by atoms with Crippen LogP contribution < -0.4 is 14.8 Å². The van der Waals surface area contributed by atoms with Crippen LogP contribution in [0.25, 0.3) is 0 Å². The van der Waals surface area contributed by atoms with Crippen LogP contribution >= 0.6 is 27.7 Å². The van der Waals surface area contributed by atoms with Gasteiger partial charge < -0.3 is 19.2 Å². The van der Waals surface area contributed by atoms with Crippen molar-refractivity contribution >= 4 is 39.3 Å². The average Bonchev–Trinajstić information content (AvgIpc) is 3.16. The Labute approximate surface area is 181 Å². The van der Waals surface area contributed by atoms with Gasteiger partial charge in [-0.05, 0) is 48.4 Å². The van der Waals surface area contributed by atoms with E-state index < -0.39 is 0 Å². The molecule has 0 saturated carbocycles. The molecule has 0 atom stereocenters. The number of halogens is 1. The summed E-state index contributed by atoms with van der Waals surface area (Å²) in [6.07, 6.45) is 0.457. The van der Waals surface area contributed by atoms with Crippen LogP contribution in [0.2, 0.25) is 0 Å². The van der Waals surface area contributed by atoms with Crippen LogP contribution in [-0.4, -0.2) is 36.1 Å². The molecule has 7 nitrogen and oxygen atoms in total. The SMILES string of the molecule is COc1ccc(Cc2nnc(SCC(=O)Nc3ccc(Br)c(C)c3)o2)cc1OC. The van der Waals surface area contributed by atoms with Crippen molar-refractivity contribution < 1.29 is 18.7 Å². The lowest BCUT2D eigenvalue weighted by Gasteiger charge is -2.08. The number of anilines is 1. The normalized spacial score (nSPS) is 10.6. The zero-order valence-corrected chi connectivity index (χ0v) is 18.6. The Kier molecular flexibility index (Phi) is 7.16. The van der Waals surface area contributed by atoms with Crippen molar-refractivity contribution in [3.8, 4) is 11.5 Å². The topological polar surface area (TPSA) is 86.5 Å². The van der Waals surface area contributed by atoms with Gasteiger partial charge in [0, 0.05) is 10.2 Å². The summed E-state index contributed by atoms with van der Waals surface area (Å²) < 4.78 is 17.2. The minimum atomic E-state index is -0.142. The maximum Gasteiger partial charge on any atom is 0.277 e. The maximum absolute atomic E-state index is 12.2. The van der Waals surface area contributed by atoms with E-state index in [9.17, 15) is 4.79 Å². The standard InChI is InChI=1S/C20H20BrN3O4S/c1-12-8-14(5-6-15(12)21)22-18(25)11-29-20-24-23-19(28-20)10-13-4-7-16(26-2)17(9-13)27-3/h4-9H,10-11H2,1-3H3,(H,22,25). The average molecular weight is 478 g/mol. The van der Waals surface area contributed by atoms with E-state index in [0.29, 0.717) is 29.0 Å². The summed E-state index contributed by atoms with van der Waals surface area (Å²) >= 11 is 4.63. The number of rotatable bonds is 8. The van der Waals surface area contributed by atoms with Gasteiger partial charge in [0.05, 0.1) is 26.4 Å². The van der Waals surface area contributed by atoms with Crippen molar-refractivity contribution in [3.63, 3.8) is 0 Å². The molecule has 29 heavy (non-hydrogen) atoms. The number of carbonyl (C=O) groups is 1. The molecule has 1 aromatic heterocycles. The molecule has 0 aliphatic carbocycles. The van der Waals surface area contributed by atoms with Gasteiger partial charge in [0.1, 0.15) is 0 Å². The molecule has 9 heteroatoms. The molecule has 3 rings (SSSR count). The Morgan fingerprint density at radius 1 is 1.14 bits per heavy atom. The van der Waals surface area contributed by atoms with Crippen molar-refractivity contribution in [1.29, 1.82) is 0 Å². The fourth-order valence-corrected chi connectivity index (χ4v) is 3.41. The smallest absolute Gasteiger partial charge is 0.277 e. The van der Waals surface area contributed by atoms with Crippen molar-refractivity contribution in [1.82, 2.24) is 10.2 Å². The Bertz CT molecular complexity index is 1010. The van der Waals surface area contributed by atoms with Crippen LogP contribution in [0.3, 0.4) is 0 Å². The van der Waals surface area contributed by atoms with Gasteiger partial charge in [0.25, 0.3) is 5.22 Å². The molecule has 0 radical (unpaired) electrons. The third kappa shape index (κ3) is 5.74. The van der Waals surface area contributed by atoms with E-state index in [2.05, 4.69) is 31.4 Å². The number of methoxy groups -OCH3 is 2. The van der Waals surface area contributed by atoms with Gasteiger partial charge in [0.15, 0.2) is 11.5 Å². The highest BCUT2D eigenvalue weighted by atomic mass is 79.9. The lowest BCUT2D eigenvalue weighted by molar-refractivity contribution is -0.113. The fourth-order valence-electron chi connectivity index (χ4n) is 2.58. The second-order valence-electron chi connectivity index (χ2n) is 6.13. The van der Waals surface area contributed by atoms with Crippen molar-refractivity contribution in [2.24, 2.45) is 0 Å². The first-order valence-corrected chi connectivity index (χ1v) is 10.5. The summed E-state index contributed by atoms with van der Waals surface area (Å²) in [7, 11) is 3.18. The lowest BCUT2D eigenvalue weighted by atomic mass is 10.1. The maximum atomic E-state index is 12.2. The number of aromatic nitrogens is 2. The Morgan fingerprint density at radius 2 is 1.93 bits per heavy atom. The summed E-state index contributed by atoms with van der Waals surface area (Å²) in [5.41, 5.74) is 2.74. The quantitative estimate of drug-likeness (QED) is 0.478. The molecule has 3 aromatic rings. The minimum Gasteiger partial charge on any atom is -0.493 e. The predicted molar refractivity (Wildman–Crippen MR) is 115 cm³/mol. The van der Waals surface area contributed by atoms with E-state index >= 15 is 0 Å². The molecule has 152 valence electrons. The molecule has 0 aliphatic rings. The number of thioether (sulfide) groups is 1. The lowest BCUT2D eigenvalue weighted by Crippen LogP contribution is -2.14. The van der Waals surface area contributed by atoms with Crippen molar-refractivity contribution in [2.75, 3.05) is 25.3 Å². The zero-order chi connectivity index (χ0) is 20.8. The molecule has 0 saturated heterocycles. The van der Waals surface area contributed by atoms with Crippen LogP contribution in [-0.2, 0) is 11.2 Å². The molecule has 0 aliphatic heterocycles. The molecule has 2 aromatic carbocycles. The molecule has 1 N–H and O–H groups in total. The third-order valence-electron chi connectivity index (χ3n) is 4.02. The second-order valence-corrected chi connectivity index (χ2v) is 7.91. The van der Waals surface area contributed by atoms with E-state index in [0.717, 1.165) is 21.3 Å². The first-order valence-electron chi connectivity index (χ1n) is 8.70. The number of hydrogen-bond acceptors (Lipinski definition) is 7. The number of nitrogens with zero attached hydrogens (tertiary/aromatic N) is 2. The van der Waals surface area contributed by atoms with E-state index in [-0.39, 0.29) is 11.7 Å². The van der Waals surface area contributed by atoms with Crippen molar-refractivity contribution in [3.05, 3.63) is 57.9 Å². The summed E-state index contributed by atoms with van der Waals surface area (Å²) in [6, 6.07) is 11.2. The minimum absolute atomic E-state index is 0.142. The highest BCUT2D eigenvalue weighted by molar-refractivity contribution is 9.10. The summed E-state index contributed by atoms with van der Waals surface area (Å²) in [4.78, 5) is 12.2. The van der Waals surface area contributed by atoms with Crippen LogP contribution in [0, 0.1) is 6.92 Å². The molecule has 0 bridgehead atoms.